The molecule has 0 amide bonds. The predicted molar refractivity (Wildman–Crippen MR) is 58.8 cm³/mol. The number of aliphatic hydroxyl groups is 3. The van der Waals surface area contributed by atoms with Crippen molar-refractivity contribution in [3.63, 3.8) is 0 Å². The number of aryl methyl sites for hydroxylation is 1. The van der Waals surface area contributed by atoms with Crippen molar-refractivity contribution in [2.24, 2.45) is 0 Å². The average molecular weight is 258 g/mol. The Morgan fingerprint density at radius 3 is 2.72 bits per heavy atom. The molecule has 0 bridgehead atoms. The first-order valence-corrected chi connectivity index (χ1v) is 5.42. The third-order valence-corrected chi connectivity index (χ3v) is 2.89. The van der Waals surface area contributed by atoms with E-state index in [4.69, 9.17) is 14.9 Å². The molecular formula is C10H14N2O6. The molecule has 100 valence electrons. The van der Waals surface area contributed by atoms with Crippen molar-refractivity contribution in [3.8, 4) is 0 Å². The van der Waals surface area contributed by atoms with Gasteiger partial charge in [0, 0.05) is 18.2 Å². The fraction of sp³-hybridized carbons (Fsp3) is 0.600. The lowest BCUT2D eigenvalue weighted by atomic mass is 10.2. The monoisotopic (exact) mass is 258 g/mol. The van der Waals surface area contributed by atoms with Gasteiger partial charge in [-0.2, -0.15) is 0 Å². The van der Waals surface area contributed by atoms with E-state index in [1.165, 1.54) is 13.1 Å². The minimum absolute atomic E-state index is 0.0354. The van der Waals surface area contributed by atoms with Crippen molar-refractivity contribution in [1.82, 2.24) is 9.55 Å². The van der Waals surface area contributed by atoms with Crippen LogP contribution >= 0.6 is 0 Å². The highest BCUT2D eigenvalue weighted by molar-refractivity contribution is 5.02. The smallest absolute Gasteiger partial charge is 0.330 e. The third-order valence-electron chi connectivity index (χ3n) is 2.89. The number of nitrogens with one attached hydrogen (secondary N) is 1. The standard InChI is InChI=1S/C10H14N2O6/c1-4-3-12(10(17)11-8(4)14)6-2-5(13)7(18-6)9(15)16/h3,5-7,9,13,15-16H,2H2,1H3,(H,11,14,17)/t5-,6+,7-/m0/s1. The highest BCUT2D eigenvalue weighted by Gasteiger charge is 2.39. The summed E-state index contributed by atoms with van der Waals surface area (Å²) >= 11 is 0. The van der Waals surface area contributed by atoms with Crippen LogP contribution in [0.2, 0.25) is 0 Å². The Labute approximate surface area is 101 Å². The predicted octanol–water partition coefficient (Wildman–Crippen LogP) is -2.20. The molecule has 8 heteroatoms. The first-order chi connectivity index (χ1) is 8.40. The van der Waals surface area contributed by atoms with Gasteiger partial charge in [0.2, 0.25) is 0 Å². The van der Waals surface area contributed by atoms with E-state index >= 15 is 0 Å². The van der Waals surface area contributed by atoms with E-state index in [1.54, 1.807) is 0 Å². The summed E-state index contributed by atoms with van der Waals surface area (Å²) in [6.45, 7) is 1.53. The molecule has 0 aliphatic carbocycles. The summed E-state index contributed by atoms with van der Waals surface area (Å²) < 4.78 is 6.30. The van der Waals surface area contributed by atoms with Gasteiger partial charge in [0.05, 0.1) is 6.10 Å². The maximum atomic E-state index is 11.6. The lowest BCUT2D eigenvalue weighted by Crippen LogP contribution is -2.35. The maximum absolute atomic E-state index is 11.6. The van der Waals surface area contributed by atoms with Crippen LogP contribution in [0.4, 0.5) is 0 Å². The zero-order valence-corrected chi connectivity index (χ0v) is 9.61. The maximum Gasteiger partial charge on any atom is 0.330 e. The highest BCUT2D eigenvalue weighted by Crippen LogP contribution is 2.28. The van der Waals surface area contributed by atoms with Gasteiger partial charge in [-0.1, -0.05) is 0 Å². The summed E-state index contributed by atoms with van der Waals surface area (Å²) in [5.74, 6) is 0. The van der Waals surface area contributed by atoms with Crippen molar-refractivity contribution < 1.29 is 20.1 Å². The highest BCUT2D eigenvalue weighted by atomic mass is 16.6. The normalized spacial score (nSPS) is 27.9. The second-order valence-electron chi connectivity index (χ2n) is 4.25. The number of aromatic amines is 1. The first kappa shape index (κ1) is 13.0. The van der Waals surface area contributed by atoms with Gasteiger partial charge in [0.15, 0.2) is 6.29 Å². The van der Waals surface area contributed by atoms with Gasteiger partial charge >= 0.3 is 5.69 Å². The van der Waals surface area contributed by atoms with Gasteiger partial charge < -0.3 is 20.1 Å². The number of nitrogens with zero attached hydrogens (tertiary/aromatic N) is 1. The Bertz CT molecular complexity index is 548. The number of aliphatic hydroxyl groups excluding tert-OH is 2. The topological polar surface area (TPSA) is 125 Å². The van der Waals surface area contributed by atoms with Crippen LogP contribution in [0, 0.1) is 6.92 Å². The molecule has 1 fully saturated rings. The van der Waals surface area contributed by atoms with Crippen LogP contribution in [0.15, 0.2) is 15.8 Å². The Hall–Kier alpha value is -1.48. The number of hydrogen-bond acceptors (Lipinski definition) is 6. The Morgan fingerprint density at radius 1 is 1.50 bits per heavy atom. The summed E-state index contributed by atoms with van der Waals surface area (Å²) in [6.07, 6.45) is -3.58. The minimum Gasteiger partial charge on any atom is -0.390 e. The molecule has 0 spiro atoms. The van der Waals surface area contributed by atoms with E-state index in [2.05, 4.69) is 4.98 Å². The van der Waals surface area contributed by atoms with E-state index < -0.39 is 36.0 Å². The number of H-pyrrole nitrogens is 1. The van der Waals surface area contributed by atoms with Crippen molar-refractivity contribution in [3.05, 3.63) is 32.6 Å². The van der Waals surface area contributed by atoms with E-state index in [0.717, 1.165) is 4.57 Å². The second kappa shape index (κ2) is 4.65. The molecule has 0 unspecified atom stereocenters. The lowest BCUT2D eigenvalue weighted by molar-refractivity contribution is -0.168. The third kappa shape index (κ3) is 2.23. The molecule has 1 aliphatic rings. The molecular weight excluding hydrogens is 244 g/mol. The molecule has 18 heavy (non-hydrogen) atoms. The van der Waals surface area contributed by atoms with Crippen LogP contribution in [0.5, 0.6) is 0 Å². The molecule has 0 aromatic carbocycles. The van der Waals surface area contributed by atoms with Gasteiger partial charge in [-0.3, -0.25) is 14.3 Å². The van der Waals surface area contributed by atoms with Gasteiger partial charge in [0.25, 0.3) is 5.56 Å². The van der Waals surface area contributed by atoms with E-state index in [0.29, 0.717) is 5.56 Å². The van der Waals surface area contributed by atoms with Crippen molar-refractivity contribution >= 4 is 0 Å². The molecule has 0 saturated carbocycles. The van der Waals surface area contributed by atoms with E-state index in [9.17, 15) is 14.7 Å². The van der Waals surface area contributed by atoms with Crippen LogP contribution in [-0.4, -0.2) is 43.4 Å². The summed E-state index contributed by atoms with van der Waals surface area (Å²) in [4.78, 5) is 24.9. The van der Waals surface area contributed by atoms with Crippen LogP contribution in [0.1, 0.15) is 18.2 Å². The first-order valence-electron chi connectivity index (χ1n) is 5.42. The fourth-order valence-electron chi connectivity index (χ4n) is 1.92. The van der Waals surface area contributed by atoms with Crippen molar-refractivity contribution in [2.45, 2.75) is 38.1 Å². The molecule has 0 radical (unpaired) electrons. The Kier molecular flexibility index (Phi) is 3.35. The van der Waals surface area contributed by atoms with Crippen LogP contribution in [-0.2, 0) is 4.74 Å². The van der Waals surface area contributed by atoms with Gasteiger partial charge in [0.1, 0.15) is 12.3 Å². The second-order valence-corrected chi connectivity index (χ2v) is 4.25. The largest absolute Gasteiger partial charge is 0.390 e. The summed E-state index contributed by atoms with van der Waals surface area (Å²) in [5.41, 5.74) is -0.842. The Balaban J connectivity index is 2.32. The summed E-state index contributed by atoms with van der Waals surface area (Å²) in [7, 11) is 0. The summed E-state index contributed by atoms with van der Waals surface area (Å²) in [6, 6.07) is 0. The SMILES string of the molecule is Cc1cn([C@H]2C[C@H](O)[C@@H](C(O)O)O2)c(=O)[nH]c1=O. The van der Waals surface area contributed by atoms with Crippen LogP contribution < -0.4 is 11.2 Å². The average Bonchev–Trinajstić information content (AvgIpc) is 2.65. The van der Waals surface area contributed by atoms with Gasteiger partial charge in [-0.05, 0) is 6.92 Å². The van der Waals surface area contributed by atoms with Crippen molar-refractivity contribution in [1.29, 1.82) is 0 Å². The van der Waals surface area contributed by atoms with E-state index in [1.807, 2.05) is 0 Å². The lowest BCUT2D eigenvalue weighted by Gasteiger charge is -2.17. The molecule has 3 atom stereocenters. The molecule has 2 rings (SSSR count). The molecule has 1 saturated heterocycles. The van der Waals surface area contributed by atoms with Crippen molar-refractivity contribution in [2.75, 3.05) is 0 Å². The zero-order valence-electron chi connectivity index (χ0n) is 9.61. The molecule has 4 N–H and O–H groups in total. The number of ether oxygens (including phenoxy) is 1. The fourth-order valence-corrected chi connectivity index (χ4v) is 1.92. The molecule has 1 aromatic heterocycles. The minimum atomic E-state index is -1.83. The number of aromatic nitrogens is 2. The van der Waals surface area contributed by atoms with Crippen LogP contribution in [0.25, 0.3) is 0 Å². The van der Waals surface area contributed by atoms with E-state index in [-0.39, 0.29) is 6.42 Å². The molecule has 1 aliphatic heterocycles. The Morgan fingerprint density at radius 2 is 2.17 bits per heavy atom. The van der Waals surface area contributed by atoms with Gasteiger partial charge in [-0.25, -0.2) is 4.79 Å². The zero-order chi connectivity index (χ0) is 13.4. The number of rotatable bonds is 2. The quantitative estimate of drug-likeness (QED) is 0.446. The van der Waals surface area contributed by atoms with Gasteiger partial charge in [-0.15, -0.1) is 0 Å². The molecule has 2 heterocycles. The molecule has 8 nitrogen and oxygen atoms in total. The van der Waals surface area contributed by atoms with Crippen LogP contribution in [0.3, 0.4) is 0 Å². The summed E-state index contributed by atoms with van der Waals surface area (Å²) in [5, 5.41) is 27.5. The number of hydrogen-bond donors (Lipinski definition) is 4. The molecule has 1 aromatic rings.